The van der Waals surface area contributed by atoms with Crippen LogP contribution >= 0.6 is 0 Å². The molecule has 0 aliphatic heterocycles. The number of hydrogen-bond donors (Lipinski definition) is 0. The van der Waals surface area contributed by atoms with Crippen LogP contribution in [0.3, 0.4) is 0 Å². The number of unbranched alkanes of at least 4 members (excludes halogenated alkanes) is 20. The molecule has 0 aromatic heterocycles. The summed E-state index contributed by atoms with van der Waals surface area (Å²) in [7, 11) is 0. The van der Waals surface area contributed by atoms with Crippen molar-refractivity contribution in [2.45, 2.75) is 201 Å². The highest BCUT2D eigenvalue weighted by atomic mass is 16.7. The van der Waals surface area contributed by atoms with Gasteiger partial charge in [0, 0.05) is 6.61 Å². The molecule has 36 heavy (non-hydrogen) atoms. The van der Waals surface area contributed by atoms with Gasteiger partial charge in [0.25, 0.3) is 0 Å². The number of rotatable bonds is 31. The fourth-order valence-electron chi connectivity index (χ4n) is 5.14. The molecule has 0 aliphatic carbocycles. The average Bonchev–Trinajstić information content (AvgIpc) is 2.89. The van der Waals surface area contributed by atoms with Gasteiger partial charge in [0.15, 0.2) is 6.29 Å². The van der Waals surface area contributed by atoms with E-state index in [4.69, 9.17) is 9.47 Å². The van der Waals surface area contributed by atoms with E-state index >= 15 is 0 Å². The Kier molecular flexibility index (Phi) is 31.1. The molecule has 0 heterocycles. The molecule has 2 atom stereocenters. The van der Waals surface area contributed by atoms with Gasteiger partial charge in [-0.25, -0.2) is 0 Å². The molecule has 218 valence electrons. The van der Waals surface area contributed by atoms with Crippen LogP contribution in [0.4, 0.5) is 0 Å². The first-order chi connectivity index (χ1) is 17.8. The standard InChI is InChI=1S/C34H70O2/c1-5-9-12-14-16-17-18-19-20-21-22-23-24-25-27-30-34(35-31-28-26-15-13-10-6-2)36-32-33(8-4)29-11-7-3/h33-34H,5-32H2,1-4H3. The summed E-state index contributed by atoms with van der Waals surface area (Å²) in [6, 6.07) is 0. The summed E-state index contributed by atoms with van der Waals surface area (Å²) in [6.07, 6.45) is 35.4. The first kappa shape index (κ1) is 35.9. The maximum Gasteiger partial charge on any atom is 0.157 e. The van der Waals surface area contributed by atoms with Gasteiger partial charge < -0.3 is 9.47 Å². The maximum atomic E-state index is 6.33. The number of ether oxygens (including phenoxy) is 2. The van der Waals surface area contributed by atoms with Crippen LogP contribution < -0.4 is 0 Å². The van der Waals surface area contributed by atoms with Crippen LogP contribution in [-0.4, -0.2) is 19.5 Å². The summed E-state index contributed by atoms with van der Waals surface area (Å²) in [4.78, 5) is 0. The first-order valence-electron chi connectivity index (χ1n) is 17.0. The Morgan fingerprint density at radius 2 is 0.806 bits per heavy atom. The summed E-state index contributed by atoms with van der Waals surface area (Å²) < 4.78 is 12.6. The molecule has 0 amide bonds. The fraction of sp³-hybridized carbons (Fsp3) is 1.00. The van der Waals surface area contributed by atoms with E-state index < -0.39 is 0 Å². The molecular weight excluding hydrogens is 440 g/mol. The third kappa shape index (κ3) is 27.0. The van der Waals surface area contributed by atoms with Crippen molar-refractivity contribution in [3.63, 3.8) is 0 Å². The van der Waals surface area contributed by atoms with Gasteiger partial charge in [0.05, 0.1) is 6.61 Å². The molecule has 2 heteroatoms. The lowest BCUT2D eigenvalue weighted by atomic mass is 10.0. The molecule has 0 radical (unpaired) electrons. The minimum Gasteiger partial charge on any atom is -0.353 e. The molecule has 0 aromatic carbocycles. The lowest BCUT2D eigenvalue weighted by molar-refractivity contribution is -0.155. The van der Waals surface area contributed by atoms with E-state index in [2.05, 4.69) is 27.7 Å². The zero-order valence-corrected chi connectivity index (χ0v) is 25.8. The van der Waals surface area contributed by atoms with Gasteiger partial charge in [-0.05, 0) is 31.6 Å². The first-order valence-corrected chi connectivity index (χ1v) is 17.0. The normalized spacial score (nSPS) is 13.3. The second-order valence-corrected chi connectivity index (χ2v) is 11.6. The van der Waals surface area contributed by atoms with E-state index in [9.17, 15) is 0 Å². The van der Waals surface area contributed by atoms with Gasteiger partial charge in [-0.1, -0.05) is 169 Å². The van der Waals surface area contributed by atoms with Crippen LogP contribution in [0.5, 0.6) is 0 Å². The smallest absolute Gasteiger partial charge is 0.157 e. The molecule has 2 nitrogen and oxygen atoms in total. The Hall–Kier alpha value is -0.0800. The Balaban J connectivity index is 3.85. The predicted molar refractivity (Wildman–Crippen MR) is 162 cm³/mol. The third-order valence-corrected chi connectivity index (χ3v) is 7.91. The highest BCUT2D eigenvalue weighted by Crippen LogP contribution is 2.18. The van der Waals surface area contributed by atoms with Crippen molar-refractivity contribution in [2.24, 2.45) is 5.92 Å². The van der Waals surface area contributed by atoms with Crippen molar-refractivity contribution < 1.29 is 9.47 Å². The molecule has 0 aliphatic rings. The maximum absolute atomic E-state index is 6.33. The van der Waals surface area contributed by atoms with Gasteiger partial charge in [-0.15, -0.1) is 0 Å². The average molecular weight is 511 g/mol. The molecule has 0 aromatic rings. The van der Waals surface area contributed by atoms with Crippen LogP contribution in [0, 0.1) is 5.92 Å². The van der Waals surface area contributed by atoms with Crippen molar-refractivity contribution in [2.75, 3.05) is 13.2 Å². The highest BCUT2D eigenvalue weighted by Gasteiger charge is 2.13. The minimum absolute atomic E-state index is 0.0262. The van der Waals surface area contributed by atoms with E-state index in [1.54, 1.807) is 0 Å². The van der Waals surface area contributed by atoms with Crippen molar-refractivity contribution in [1.29, 1.82) is 0 Å². The van der Waals surface area contributed by atoms with Crippen LogP contribution in [-0.2, 0) is 9.47 Å². The summed E-state index contributed by atoms with van der Waals surface area (Å²) in [5.74, 6) is 0.700. The lowest BCUT2D eigenvalue weighted by Gasteiger charge is -2.22. The molecule has 0 saturated heterocycles. The van der Waals surface area contributed by atoms with Crippen molar-refractivity contribution in [3.05, 3.63) is 0 Å². The van der Waals surface area contributed by atoms with Gasteiger partial charge in [-0.3, -0.25) is 0 Å². The quantitative estimate of drug-likeness (QED) is 0.0681. The molecule has 0 fully saturated rings. The zero-order valence-electron chi connectivity index (χ0n) is 25.8. The molecule has 2 unspecified atom stereocenters. The van der Waals surface area contributed by atoms with E-state index in [1.165, 1.54) is 161 Å². The molecule has 0 bridgehead atoms. The van der Waals surface area contributed by atoms with Crippen LogP contribution in [0.1, 0.15) is 195 Å². The van der Waals surface area contributed by atoms with Crippen molar-refractivity contribution in [3.8, 4) is 0 Å². The Labute approximate surface area is 229 Å². The van der Waals surface area contributed by atoms with Crippen LogP contribution in [0.15, 0.2) is 0 Å². The van der Waals surface area contributed by atoms with Crippen LogP contribution in [0.25, 0.3) is 0 Å². The zero-order chi connectivity index (χ0) is 26.4. The molecule has 0 N–H and O–H groups in total. The highest BCUT2D eigenvalue weighted by molar-refractivity contribution is 4.58. The van der Waals surface area contributed by atoms with Gasteiger partial charge >= 0.3 is 0 Å². The molecule has 0 spiro atoms. The van der Waals surface area contributed by atoms with Crippen molar-refractivity contribution in [1.82, 2.24) is 0 Å². The lowest BCUT2D eigenvalue weighted by Crippen LogP contribution is -2.22. The predicted octanol–water partition coefficient (Wildman–Crippen LogP) is 12.2. The summed E-state index contributed by atoms with van der Waals surface area (Å²) >= 11 is 0. The third-order valence-electron chi connectivity index (χ3n) is 7.91. The second-order valence-electron chi connectivity index (χ2n) is 11.6. The second kappa shape index (κ2) is 31.1. The van der Waals surface area contributed by atoms with Gasteiger partial charge in [-0.2, -0.15) is 0 Å². The summed E-state index contributed by atoms with van der Waals surface area (Å²) in [6.45, 7) is 10.9. The van der Waals surface area contributed by atoms with Gasteiger partial charge in [0.2, 0.25) is 0 Å². The molecule has 0 saturated carbocycles. The van der Waals surface area contributed by atoms with Crippen molar-refractivity contribution >= 4 is 0 Å². The Morgan fingerprint density at radius 1 is 0.389 bits per heavy atom. The van der Waals surface area contributed by atoms with E-state index in [1.807, 2.05) is 0 Å². The van der Waals surface area contributed by atoms with E-state index in [-0.39, 0.29) is 6.29 Å². The monoisotopic (exact) mass is 511 g/mol. The Bertz CT molecular complexity index is 383. The SMILES string of the molecule is CCCCCCCCCCCCCCCCCC(OCCCCCCCC)OCC(CC)CCCC. The molecule has 0 rings (SSSR count). The van der Waals surface area contributed by atoms with E-state index in [0.29, 0.717) is 5.92 Å². The fourth-order valence-corrected chi connectivity index (χ4v) is 5.14. The van der Waals surface area contributed by atoms with E-state index in [0.717, 1.165) is 19.6 Å². The summed E-state index contributed by atoms with van der Waals surface area (Å²) in [5, 5.41) is 0. The summed E-state index contributed by atoms with van der Waals surface area (Å²) in [5.41, 5.74) is 0. The number of hydrogen-bond acceptors (Lipinski definition) is 2. The molecular formula is C34H70O2. The van der Waals surface area contributed by atoms with Crippen LogP contribution in [0.2, 0.25) is 0 Å². The Morgan fingerprint density at radius 3 is 1.25 bits per heavy atom. The topological polar surface area (TPSA) is 18.5 Å². The minimum atomic E-state index is 0.0262. The largest absolute Gasteiger partial charge is 0.353 e. The van der Waals surface area contributed by atoms with Gasteiger partial charge in [0.1, 0.15) is 0 Å².